The van der Waals surface area contributed by atoms with Gasteiger partial charge in [0.2, 0.25) is 0 Å². The zero-order valence-electron chi connectivity index (χ0n) is 10.0. The number of hydrogen-bond acceptors (Lipinski definition) is 2. The van der Waals surface area contributed by atoms with E-state index in [-0.39, 0.29) is 5.75 Å². The molecule has 0 bridgehead atoms. The molecular formula is C15H15NO. The van der Waals surface area contributed by atoms with Crippen LogP contribution in [0.15, 0.2) is 47.5 Å². The Labute approximate surface area is 101 Å². The molecule has 0 heterocycles. The van der Waals surface area contributed by atoms with Crippen molar-refractivity contribution in [3.8, 4) is 5.75 Å². The molecule has 0 atom stereocenters. The van der Waals surface area contributed by atoms with Gasteiger partial charge in [-0.3, -0.25) is 4.99 Å². The van der Waals surface area contributed by atoms with E-state index in [0.717, 1.165) is 11.3 Å². The molecule has 2 rings (SSSR count). The maximum absolute atomic E-state index is 9.60. The van der Waals surface area contributed by atoms with Crippen LogP contribution in [0.5, 0.6) is 5.75 Å². The van der Waals surface area contributed by atoms with Crippen molar-refractivity contribution in [1.82, 2.24) is 0 Å². The Kier molecular flexibility index (Phi) is 3.24. The molecule has 0 unspecified atom stereocenters. The minimum Gasteiger partial charge on any atom is -0.507 e. The van der Waals surface area contributed by atoms with Gasteiger partial charge >= 0.3 is 0 Å². The quantitative estimate of drug-likeness (QED) is 0.775. The maximum atomic E-state index is 9.60. The van der Waals surface area contributed by atoms with E-state index in [2.05, 4.69) is 18.8 Å². The number of hydrogen-bond donors (Lipinski definition) is 1. The molecule has 2 aromatic rings. The van der Waals surface area contributed by atoms with Crippen LogP contribution in [-0.4, -0.2) is 11.3 Å². The first-order valence-electron chi connectivity index (χ1n) is 5.56. The van der Waals surface area contributed by atoms with Crippen molar-refractivity contribution in [1.29, 1.82) is 0 Å². The van der Waals surface area contributed by atoms with Crippen LogP contribution in [0.4, 0.5) is 5.69 Å². The van der Waals surface area contributed by atoms with Gasteiger partial charge in [-0.2, -0.15) is 0 Å². The summed E-state index contributed by atoms with van der Waals surface area (Å²) in [6.45, 7) is 4.14. The summed E-state index contributed by atoms with van der Waals surface area (Å²) >= 11 is 0. The lowest BCUT2D eigenvalue weighted by Crippen LogP contribution is -1.82. The zero-order valence-corrected chi connectivity index (χ0v) is 10.0. The predicted octanol–water partition coefficient (Wildman–Crippen LogP) is 3.76. The number of aliphatic imine (C=N–C) groups is 1. The summed E-state index contributed by atoms with van der Waals surface area (Å²) < 4.78 is 0. The van der Waals surface area contributed by atoms with Crippen LogP contribution in [0, 0.1) is 13.8 Å². The second-order valence-electron chi connectivity index (χ2n) is 4.09. The summed E-state index contributed by atoms with van der Waals surface area (Å²) in [4.78, 5) is 4.35. The van der Waals surface area contributed by atoms with Gasteiger partial charge in [0.1, 0.15) is 5.75 Å². The Morgan fingerprint density at radius 3 is 2.47 bits per heavy atom. The molecule has 0 aliphatic heterocycles. The fourth-order valence-corrected chi connectivity index (χ4v) is 1.55. The molecule has 0 aromatic heterocycles. The lowest BCUT2D eigenvalue weighted by Gasteiger charge is -2.01. The summed E-state index contributed by atoms with van der Waals surface area (Å²) in [5.74, 6) is 0.250. The van der Waals surface area contributed by atoms with Crippen LogP contribution in [-0.2, 0) is 0 Å². The van der Waals surface area contributed by atoms with Gasteiger partial charge in [0.25, 0.3) is 0 Å². The third-order valence-corrected chi connectivity index (χ3v) is 2.78. The normalized spacial score (nSPS) is 10.9. The third kappa shape index (κ3) is 2.72. The monoisotopic (exact) mass is 225 g/mol. The number of phenols is 1. The van der Waals surface area contributed by atoms with Gasteiger partial charge in [-0.1, -0.05) is 18.2 Å². The molecule has 0 radical (unpaired) electrons. The molecule has 0 fully saturated rings. The largest absolute Gasteiger partial charge is 0.507 e. The topological polar surface area (TPSA) is 32.6 Å². The highest BCUT2D eigenvalue weighted by molar-refractivity contribution is 5.85. The molecule has 0 saturated heterocycles. The van der Waals surface area contributed by atoms with Gasteiger partial charge in [0.05, 0.1) is 5.69 Å². The molecule has 2 heteroatoms. The molecule has 2 nitrogen and oxygen atoms in total. The number of para-hydroxylation sites is 1. The first-order valence-corrected chi connectivity index (χ1v) is 5.56. The first kappa shape index (κ1) is 11.4. The Bertz CT molecular complexity index is 559. The highest BCUT2D eigenvalue weighted by Crippen LogP contribution is 2.18. The predicted molar refractivity (Wildman–Crippen MR) is 71.3 cm³/mol. The van der Waals surface area contributed by atoms with E-state index in [1.54, 1.807) is 18.3 Å². The lowest BCUT2D eigenvalue weighted by molar-refractivity contribution is 0.474. The van der Waals surface area contributed by atoms with Gasteiger partial charge in [0.15, 0.2) is 0 Å². The molecule has 1 N–H and O–H groups in total. The van der Waals surface area contributed by atoms with Crippen molar-refractivity contribution in [3.63, 3.8) is 0 Å². The van der Waals surface area contributed by atoms with Crippen LogP contribution >= 0.6 is 0 Å². The molecule has 0 spiro atoms. The third-order valence-electron chi connectivity index (χ3n) is 2.78. The lowest BCUT2D eigenvalue weighted by atomic mass is 10.1. The Balaban J connectivity index is 2.26. The summed E-state index contributed by atoms with van der Waals surface area (Å²) in [7, 11) is 0. The molecule has 17 heavy (non-hydrogen) atoms. The van der Waals surface area contributed by atoms with Crippen LogP contribution in [0.25, 0.3) is 0 Å². The molecule has 86 valence electrons. The van der Waals surface area contributed by atoms with E-state index in [4.69, 9.17) is 0 Å². The van der Waals surface area contributed by atoms with E-state index in [1.807, 2.05) is 30.3 Å². The number of nitrogens with zero attached hydrogens (tertiary/aromatic N) is 1. The van der Waals surface area contributed by atoms with Gasteiger partial charge < -0.3 is 5.11 Å². The van der Waals surface area contributed by atoms with Crippen molar-refractivity contribution in [3.05, 3.63) is 59.2 Å². The Hall–Kier alpha value is -2.09. The van der Waals surface area contributed by atoms with Crippen molar-refractivity contribution < 1.29 is 5.11 Å². The summed E-state index contributed by atoms with van der Waals surface area (Å²) in [5, 5.41) is 9.60. The zero-order chi connectivity index (χ0) is 12.3. The van der Waals surface area contributed by atoms with Crippen LogP contribution in [0.3, 0.4) is 0 Å². The van der Waals surface area contributed by atoms with E-state index < -0.39 is 0 Å². The van der Waals surface area contributed by atoms with E-state index >= 15 is 0 Å². The molecule has 0 aliphatic carbocycles. The van der Waals surface area contributed by atoms with Crippen molar-refractivity contribution in [2.45, 2.75) is 13.8 Å². The van der Waals surface area contributed by atoms with Crippen LogP contribution in [0.1, 0.15) is 16.7 Å². The van der Waals surface area contributed by atoms with Crippen molar-refractivity contribution in [2.75, 3.05) is 0 Å². The summed E-state index contributed by atoms with van der Waals surface area (Å²) in [6.07, 6.45) is 1.68. The molecular weight excluding hydrogens is 210 g/mol. The molecule has 0 aliphatic rings. The van der Waals surface area contributed by atoms with Gasteiger partial charge in [-0.15, -0.1) is 0 Å². The number of phenolic OH excluding ortho intramolecular Hbond substituents is 1. The summed E-state index contributed by atoms with van der Waals surface area (Å²) in [5.41, 5.74) is 4.10. The fraction of sp³-hybridized carbons (Fsp3) is 0.133. The fourth-order valence-electron chi connectivity index (χ4n) is 1.55. The first-order chi connectivity index (χ1) is 8.16. The standard InChI is InChI=1S/C15H15NO/c1-11-7-8-14(9-12(11)2)16-10-13-5-3-4-6-15(13)17/h3-10,17H,1-2H3. The van der Waals surface area contributed by atoms with E-state index in [1.165, 1.54) is 11.1 Å². The van der Waals surface area contributed by atoms with Crippen molar-refractivity contribution >= 4 is 11.9 Å². The second-order valence-corrected chi connectivity index (χ2v) is 4.09. The molecule has 0 amide bonds. The van der Waals surface area contributed by atoms with E-state index in [9.17, 15) is 5.11 Å². The van der Waals surface area contributed by atoms with Crippen LogP contribution < -0.4 is 0 Å². The Morgan fingerprint density at radius 1 is 1.00 bits per heavy atom. The average Bonchev–Trinajstić information content (AvgIpc) is 2.32. The molecule has 0 saturated carbocycles. The maximum Gasteiger partial charge on any atom is 0.124 e. The molecule has 2 aromatic carbocycles. The summed E-state index contributed by atoms with van der Waals surface area (Å²) in [6, 6.07) is 13.2. The van der Waals surface area contributed by atoms with Gasteiger partial charge in [0, 0.05) is 11.8 Å². The number of aromatic hydroxyl groups is 1. The number of aryl methyl sites for hydroxylation is 2. The van der Waals surface area contributed by atoms with Gasteiger partial charge in [-0.25, -0.2) is 0 Å². The minimum absolute atomic E-state index is 0.250. The SMILES string of the molecule is Cc1ccc(N=Cc2ccccc2O)cc1C. The Morgan fingerprint density at radius 2 is 1.76 bits per heavy atom. The van der Waals surface area contributed by atoms with Crippen molar-refractivity contribution in [2.24, 2.45) is 4.99 Å². The number of rotatable bonds is 2. The minimum atomic E-state index is 0.250. The second kappa shape index (κ2) is 4.83. The number of benzene rings is 2. The van der Waals surface area contributed by atoms with Crippen LogP contribution in [0.2, 0.25) is 0 Å². The van der Waals surface area contributed by atoms with E-state index in [0.29, 0.717) is 0 Å². The smallest absolute Gasteiger partial charge is 0.124 e. The highest BCUT2D eigenvalue weighted by Gasteiger charge is 1.96. The van der Waals surface area contributed by atoms with Gasteiger partial charge in [-0.05, 0) is 49.2 Å². The highest BCUT2D eigenvalue weighted by atomic mass is 16.3. The average molecular weight is 225 g/mol.